The van der Waals surface area contributed by atoms with Gasteiger partial charge >= 0.3 is 5.97 Å². The van der Waals surface area contributed by atoms with Gasteiger partial charge in [-0.15, -0.1) is 0 Å². The van der Waals surface area contributed by atoms with Crippen LogP contribution in [-0.4, -0.2) is 48.6 Å². The topological polar surface area (TPSA) is 54.5 Å². The van der Waals surface area contributed by atoms with Crippen molar-refractivity contribution in [3.05, 3.63) is 35.0 Å². The summed E-state index contributed by atoms with van der Waals surface area (Å²) in [6.45, 7) is 10.7. The van der Waals surface area contributed by atoms with E-state index in [1.165, 1.54) is 37.9 Å². The highest BCUT2D eigenvalue weighted by atomic mass is 16.5. The van der Waals surface area contributed by atoms with Gasteiger partial charge in [0.1, 0.15) is 5.56 Å². The molecule has 1 aromatic carbocycles. The number of aromatic nitrogens is 1. The zero-order valence-corrected chi connectivity index (χ0v) is 16.8. The second-order valence-electron chi connectivity index (χ2n) is 7.43. The molecule has 0 amide bonds. The zero-order chi connectivity index (χ0) is 19.2. The minimum absolute atomic E-state index is 0.315. The Balaban J connectivity index is 1.81. The van der Waals surface area contributed by atoms with E-state index in [0.29, 0.717) is 12.2 Å². The smallest absolute Gasteiger partial charge is 0.341 e. The number of carbonyl (C=O) groups excluding carboxylic acids is 1. The van der Waals surface area contributed by atoms with Gasteiger partial charge in [0.05, 0.1) is 17.8 Å². The van der Waals surface area contributed by atoms with Crippen LogP contribution in [0.5, 0.6) is 0 Å². The predicted molar refractivity (Wildman–Crippen MR) is 111 cm³/mol. The third-order valence-corrected chi connectivity index (χ3v) is 5.20. The quantitative estimate of drug-likeness (QED) is 0.582. The number of benzene rings is 1. The molecule has 0 unspecified atom stereocenters. The van der Waals surface area contributed by atoms with Gasteiger partial charge in [0, 0.05) is 18.1 Å². The van der Waals surface area contributed by atoms with Crippen molar-refractivity contribution in [3.63, 3.8) is 0 Å². The summed E-state index contributed by atoms with van der Waals surface area (Å²) in [5.41, 5.74) is 4.60. The van der Waals surface area contributed by atoms with Crippen molar-refractivity contribution in [1.82, 2.24) is 9.88 Å². The average Bonchev–Trinajstić information content (AvgIpc) is 2.66. The first-order chi connectivity index (χ1) is 13.1. The van der Waals surface area contributed by atoms with Crippen molar-refractivity contribution in [2.75, 3.05) is 38.1 Å². The lowest BCUT2D eigenvalue weighted by atomic mass is 10.0. The first-order valence-electron chi connectivity index (χ1n) is 10.1. The summed E-state index contributed by atoms with van der Waals surface area (Å²) in [6.07, 6.45) is 6.69. The Morgan fingerprint density at radius 2 is 2.00 bits per heavy atom. The van der Waals surface area contributed by atoms with Gasteiger partial charge in [0.2, 0.25) is 0 Å². The van der Waals surface area contributed by atoms with Gasteiger partial charge in [-0.05, 0) is 71.3 Å². The Labute approximate surface area is 162 Å². The second-order valence-corrected chi connectivity index (χ2v) is 7.43. The van der Waals surface area contributed by atoms with Crippen molar-refractivity contribution in [1.29, 1.82) is 0 Å². The normalized spacial score (nSPS) is 15.1. The van der Waals surface area contributed by atoms with Gasteiger partial charge < -0.3 is 15.0 Å². The molecule has 1 aliphatic heterocycles. The highest BCUT2D eigenvalue weighted by Crippen LogP contribution is 2.29. The molecular formula is C22H31N3O2. The van der Waals surface area contributed by atoms with Crippen molar-refractivity contribution in [2.45, 2.75) is 46.5 Å². The van der Waals surface area contributed by atoms with Gasteiger partial charge in [0.25, 0.3) is 0 Å². The molecule has 0 spiro atoms. The van der Waals surface area contributed by atoms with Crippen LogP contribution < -0.4 is 5.32 Å². The minimum atomic E-state index is -0.315. The summed E-state index contributed by atoms with van der Waals surface area (Å²) < 4.78 is 5.25. The van der Waals surface area contributed by atoms with E-state index in [1.54, 1.807) is 6.20 Å². The van der Waals surface area contributed by atoms with Crippen LogP contribution >= 0.6 is 0 Å². The molecule has 146 valence electrons. The van der Waals surface area contributed by atoms with Crippen LogP contribution in [0.3, 0.4) is 0 Å². The van der Waals surface area contributed by atoms with Crippen LogP contribution in [0.25, 0.3) is 10.9 Å². The highest BCUT2D eigenvalue weighted by Gasteiger charge is 2.18. The van der Waals surface area contributed by atoms with E-state index in [1.807, 2.05) is 6.92 Å². The SMILES string of the molecule is CCOC(=O)c1cnc2c(C)cc(C)cc2c1NCCCN1CCCCC1. The predicted octanol–water partition coefficient (Wildman–Crippen LogP) is 4.32. The molecule has 1 aromatic heterocycles. The Bertz CT molecular complexity index is 798. The van der Waals surface area contributed by atoms with Crippen LogP contribution in [0.15, 0.2) is 18.3 Å². The number of hydrogen-bond donors (Lipinski definition) is 1. The van der Waals surface area contributed by atoms with Gasteiger partial charge in [-0.2, -0.15) is 0 Å². The molecule has 3 rings (SSSR count). The van der Waals surface area contributed by atoms with Crippen LogP contribution in [0.1, 0.15) is 54.1 Å². The Morgan fingerprint density at radius 3 is 2.74 bits per heavy atom. The summed E-state index contributed by atoms with van der Waals surface area (Å²) in [7, 11) is 0. The number of aryl methyl sites for hydroxylation is 2. The summed E-state index contributed by atoms with van der Waals surface area (Å²) >= 11 is 0. The first kappa shape index (κ1) is 19.6. The fraction of sp³-hybridized carbons (Fsp3) is 0.545. The molecule has 1 fully saturated rings. The number of esters is 1. The summed E-state index contributed by atoms with van der Waals surface area (Å²) in [5.74, 6) is -0.315. The number of carbonyl (C=O) groups is 1. The van der Waals surface area contributed by atoms with E-state index in [4.69, 9.17) is 4.74 Å². The Morgan fingerprint density at radius 1 is 1.22 bits per heavy atom. The molecule has 2 heterocycles. The molecule has 27 heavy (non-hydrogen) atoms. The van der Waals surface area contributed by atoms with E-state index in [-0.39, 0.29) is 5.97 Å². The number of anilines is 1. The van der Waals surface area contributed by atoms with E-state index in [9.17, 15) is 4.79 Å². The molecule has 0 bridgehead atoms. The Hall–Kier alpha value is -2.14. The molecule has 5 heteroatoms. The van der Waals surface area contributed by atoms with Gasteiger partial charge in [-0.3, -0.25) is 4.98 Å². The maximum Gasteiger partial charge on any atom is 0.341 e. The van der Waals surface area contributed by atoms with Crippen LogP contribution in [0.2, 0.25) is 0 Å². The minimum Gasteiger partial charge on any atom is -0.462 e. The van der Waals surface area contributed by atoms with Crippen LogP contribution in [0, 0.1) is 13.8 Å². The monoisotopic (exact) mass is 369 g/mol. The standard InChI is InChI=1S/C22H31N3O2/c1-4-27-22(26)19-15-24-20-17(3)13-16(2)14-18(20)21(19)23-9-8-12-25-10-6-5-7-11-25/h13-15H,4-12H2,1-3H3,(H,23,24). The number of fused-ring (bicyclic) bond motifs is 1. The number of pyridine rings is 1. The van der Waals surface area contributed by atoms with Gasteiger partial charge in [0.15, 0.2) is 0 Å². The summed E-state index contributed by atoms with van der Waals surface area (Å²) in [4.78, 5) is 19.5. The van der Waals surface area contributed by atoms with Gasteiger partial charge in [-0.1, -0.05) is 18.1 Å². The van der Waals surface area contributed by atoms with Crippen LogP contribution in [-0.2, 0) is 4.74 Å². The number of rotatable bonds is 7. The van der Waals surface area contributed by atoms with E-state index in [2.05, 4.69) is 41.2 Å². The zero-order valence-electron chi connectivity index (χ0n) is 16.8. The fourth-order valence-electron chi connectivity index (χ4n) is 3.91. The lowest BCUT2D eigenvalue weighted by Crippen LogP contribution is -2.31. The van der Waals surface area contributed by atoms with Crippen molar-refractivity contribution >= 4 is 22.6 Å². The molecule has 0 aliphatic carbocycles. The number of ether oxygens (including phenoxy) is 1. The number of hydrogen-bond acceptors (Lipinski definition) is 5. The fourth-order valence-corrected chi connectivity index (χ4v) is 3.91. The molecular weight excluding hydrogens is 338 g/mol. The van der Waals surface area contributed by atoms with Gasteiger partial charge in [-0.25, -0.2) is 4.79 Å². The number of nitrogens with one attached hydrogen (secondary N) is 1. The molecule has 5 nitrogen and oxygen atoms in total. The first-order valence-corrected chi connectivity index (χ1v) is 10.1. The molecule has 1 N–H and O–H groups in total. The Kier molecular flexibility index (Phi) is 6.67. The summed E-state index contributed by atoms with van der Waals surface area (Å²) in [6, 6.07) is 4.23. The molecule has 1 saturated heterocycles. The molecule has 1 aliphatic rings. The highest BCUT2D eigenvalue weighted by molar-refractivity contribution is 6.05. The number of likely N-dealkylation sites (tertiary alicyclic amines) is 1. The number of nitrogens with zero attached hydrogens (tertiary/aromatic N) is 2. The van der Waals surface area contributed by atoms with Crippen LogP contribution in [0.4, 0.5) is 5.69 Å². The average molecular weight is 370 g/mol. The van der Waals surface area contributed by atoms with Crippen molar-refractivity contribution in [2.24, 2.45) is 0 Å². The molecule has 0 radical (unpaired) electrons. The van der Waals surface area contributed by atoms with E-state index in [0.717, 1.165) is 41.7 Å². The molecule has 0 saturated carbocycles. The molecule has 0 atom stereocenters. The van der Waals surface area contributed by atoms with Crippen molar-refractivity contribution < 1.29 is 9.53 Å². The maximum atomic E-state index is 12.4. The van der Waals surface area contributed by atoms with E-state index < -0.39 is 0 Å². The van der Waals surface area contributed by atoms with E-state index >= 15 is 0 Å². The lowest BCUT2D eigenvalue weighted by Gasteiger charge is -2.26. The van der Waals surface area contributed by atoms with Crippen molar-refractivity contribution in [3.8, 4) is 0 Å². The molecule has 2 aromatic rings. The second kappa shape index (κ2) is 9.18. The largest absolute Gasteiger partial charge is 0.462 e. The summed E-state index contributed by atoms with van der Waals surface area (Å²) in [5, 5.41) is 4.52. The maximum absolute atomic E-state index is 12.4. The third kappa shape index (κ3) is 4.78. The lowest BCUT2D eigenvalue weighted by molar-refractivity contribution is 0.0527. The third-order valence-electron chi connectivity index (χ3n) is 5.20. The number of piperidine rings is 1.